The summed E-state index contributed by atoms with van der Waals surface area (Å²) in [4.78, 5) is 38.4. The van der Waals surface area contributed by atoms with Crippen LogP contribution in [-0.4, -0.2) is 59.5 Å². The standard InChI is InChI=1S/C18H31N3O4/c1-12(19-2)16(22)20-15(13-8-5-3-4-6-9-13)17(23)21-11-7-10-14(21)18(24)25/h12-15,19H,3-11H2,1-2H3,(H,20,22)(H,24,25)/t12-,14-,15-/m0/s1. The minimum atomic E-state index is -0.958. The molecule has 2 amide bonds. The highest BCUT2D eigenvalue weighted by molar-refractivity contribution is 5.92. The number of carbonyl (C=O) groups excluding carboxylic acids is 2. The van der Waals surface area contributed by atoms with E-state index in [1.54, 1.807) is 14.0 Å². The van der Waals surface area contributed by atoms with Crippen LogP contribution in [0.25, 0.3) is 0 Å². The normalized spacial score (nSPS) is 24.4. The van der Waals surface area contributed by atoms with Crippen LogP contribution in [0.3, 0.4) is 0 Å². The summed E-state index contributed by atoms with van der Waals surface area (Å²) in [6.07, 6.45) is 7.38. The number of amides is 2. The van der Waals surface area contributed by atoms with Crippen molar-refractivity contribution in [3.05, 3.63) is 0 Å². The van der Waals surface area contributed by atoms with Crippen molar-refractivity contribution in [2.24, 2.45) is 5.92 Å². The third kappa shape index (κ3) is 4.93. The van der Waals surface area contributed by atoms with Gasteiger partial charge in [0.1, 0.15) is 12.1 Å². The lowest BCUT2D eigenvalue weighted by atomic mass is 9.90. The van der Waals surface area contributed by atoms with Gasteiger partial charge in [0.15, 0.2) is 0 Å². The molecule has 0 unspecified atom stereocenters. The Labute approximate surface area is 149 Å². The molecule has 1 aliphatic carbocycles. The monoisotopic (exact) mass is 353 g/mol. The first kappa shape index (κ1) is 19.7. The van der Waals surface area contributed by atoms with Gasteiger partial charge < -0.3 is 20.6 Å². The minimum absolute atomic E-state index is 0.0815. The summed E-state index contributed by atoms with van der Waals surface area (Å²) >= 11 is 0. The highest BCUT2D eigenvalue weighted by atomic mass is 16.4. The second-order valence-electron chi connectivity index (χ2n) is 7.28. The van der Waals surface area contributed by atoms with Crippen LogP contribution in [0.4, 0.5) is 0 Å². The SMILES string of the molecule is CN[C@@H](C)C(=O)N[C@H](C(=O)N1CCC[C@H]1C(=O)O)C1CCCCCC1. The van der Waals surface area contributed by atoms with E-state index in [-0.39, 0.29) is 17.7 Å². The summed E-state index contributed by atoms with van der Waals surface area (Å²) in [5.74, 6) is -1.32. The molecule has 2 rings (SSSR count). The molecular formula is C18H31N3O4. The molecule has 0 radical (unpaired) electrons. The fourth-order valence-electron chi connectivity index (χ4n) is 3.90. The van der Waals surface area contributed by atoms with E-state index in [0.717, 1.165) is 38.5 Å². The maximum atomic E-state index is 13.1. The average molecular weight is 353 g/mol. The van der Waals surface area contributed by atoms with Gasteiger partial charge >= 0.3 is 5.97 Å². The largest absolute Gasteiger partial charge is 0.480 e. The van der Waals surface area contributed by atoms with Crippen LogP contribution in [0.5, 0.6) is 0 Å². The molecule has 0 aromatic carbocycles. The zero-order chi connectivity index (χ0) is 18.4. The summed E-state index contributed by atoms with van der Waals surface area (Å²) < 4.78 is 0. The number of likely N-dealkylation sites (N-methyl/N-ethyl adjacent to an activating group) is 1. The van der Waals surface area contributed by atoms with Crippen LogP contribution in [-0.2, 0) is 14.4 Å². The van der Waals surface area contributed by atoms with Crippen LogP contribution in [0.15, 0.2) is 0 Å². The van der Waals surface area contributed by atoms with E-state index in [1.807, 2.05) is 0 Å². The lowest BCUT2D eigenvalue weighted by molar-refractivity contribution is -0.150. The molecule has 0 aromatic heterocycles. The summed E-state index contributed by atoms with van der Waals surface area (Å²) in [5.41, 5.74) is 0. The van der Waals surface area contributed by atoms with E-state index in [2.05, 4.69) is 10.6 Å². The van der Waals surface area contributed by atoms with E-state index in [0.29, 0.717) is 19.4 Å². The quantitative estimate of drug-likeness (QED) is 0.622. The molecule has 3 N–H and O–H groups in total. The van der Waals surface area contributed by atoms with Crippen molar-refractivity contribution >= 4 is 17.8 Å². The van der Waals surface area contributed by atoms with Gasteiger partial charge in [-0.2, -0.15) is 0 Å². The predicted molar refractivity (Wildman–Crippen MR) is 94.0 cm³/mol. The lowest BCUT2D eigenvalue weighted by Crippen LogP contribution is -2.57. The van der Waals surface area contributed by atoms with Crippen molar-refractivity contribution < 1.29 is 19.5 Å². The van der Waals surface area contributed by atoms with Crippen molar-refractivity contribution in [3.63, 3.8) is 0 Å². The molecule has 7 heteroatoms. The Morgan fingerprint density at radius 2 is 1.68 bits per heavy atom. The number of nitrogens with zero attached hydrogens (tertiary/aromatic N) is 1. The summed E-state index contributed by atoms with van der Waals surface area (Å²) in [5, 5.41) is 15.2. The molecule has 3 atom stereocenters. The smallest absolute Gasteiger partial charge is 0.326 e. The number of carboxylic acids is 1. The lowest BCUT2D eigenvalue weighted by Gasteiger charge is -2.32. The molecule has 0 aromatic rings. The zero-order valence-electron chi connectivity index (χ0n) is 15.3. The minimum Gasteiger partial charge on any atom is -0.480 e. The molecular weight excluding hydrogens is 322 g/mol. The van der Waals surface area contributed by atoms with Gasteiger partial charge in [-0.05, 0) is 45.6 Å². The Bertz CT molecular complexity index is 489. The van der Waals surface area contributed by atoms with Crippen LogP contribution in [0, 0.1) is 5.92 Å². The average Bonchev–Trinajstić information content (AvgIpc) is 2.94. The zero-order valence-corrected chi connectivity index (χ0v) is 15.3. The first-order chi connectivity index (χ1) is 12.0. The number of rotatable bonds is 6. The highest BCUT2D eigenvalue weighted by Gasteiger charge is 2.40. The van der Waals surface area contributed by atoms with E-state index in [9.17, 15) is 19.5 Å². The number of hydrogen-bond acceptors (Lipinski definition) is 4. The van der Waals surface area contributed by atoms with Crippen LogP contribution in [0.2, 0.25) is 0 Å². The second-order valence-corrected chi connectivity index (χ2v) is 7.28. The number of aliphatic carboxylic acids is 1. The molecule has 142 valence electrons. The van der Waals surface area contributed by atoms with E-state index in [4.69, 9.17) is 0 Å². The van der Waals surface area contributed by atoms with Crippen LogP contribution >= 0.6 is 0 Å². The molecule has 1 saturated carbocycles. The first-order valence-corrected chi connectivity index (χ1v) is 9.46. The highest BCUT2D eigenvalue weighted by Crippen LogP contribution is 2.28. The Hall–Kier alpha value is -1.63. The van der Waals surface area contributed by atoms with E-state index < -0.39 is 24.1 Å². The molecule has 0 bridgehead atoms. The number of nitrogens with one attached hydrogen (secondary N) is 2. The summed E-state index contributed by atoms with van der Waals surface area (Å²) in [6.45, 7) is 2.20. The summed E-state index contributed by atoms with van der Waals surface area (Å²) in [6, 6.07) is -1.78. The number of hydrogen-bond donors (Lipinski definition) is 3. The van der Waals surface area contributed by atoms with Crippen molar-refractivity contribution in [2.45, 2.75) is 76.4 Å². The number of carbonyl (C=O) groups is 3. The van der Waals surface area contributed by atoms with Gasteiger partial charge in [0.2, 0.25) is 11.8 Å². The van der Waals surface area contributed by atoms with Gasteiger partial charge in [0, 0.05) is 6.54 Å². The molecule has 7 nitrogen and oxygen atoms in total. The van der Waals surface area contributed by atoms with Crippen molar-refractivity contribution in [1.29, 1.82) is 0 Å². The van der Waals surface area contributed by atoms with Gasteiger partial charge in [-0.15, -0.1) is 0 Å². The third-order valence-corrected chi connectivity index (χ3v) is 5.58. The molecule has 2 aliphatic rings. The Balaban J connectivity index is 2.18. The molecule has 1 saturated heterocycles. The Kier molecular flexibility index (Phi) is 7.23. The fraction of sp³-hybridized carbons (Fsp3) is 0.833. The van der Waals surface area contributed by atoms with Gasteiger partial charge in [-0.3, -0.25) is 9.59 Å². The first-order valence-electron chi connectivity index (χ1n) is 9.46. The van der Waals surface area contributed by atoms with Gasteiger partial charge in [-0.25, -0.2) is 4.79 Å². The second kappa shape index (κ2) is 9.17. The van der Waals surface area contributed by atoms with Crippen LogP contribution in [0.1, 0.15) is 58.3 Å². The number of likely N-dealkylation sites (tertiary alicyclic amines) is 1. The third-order valence-electron chi connectivity index (χ3n) is 5.58. The molecule has 1 heterocycles. The maximum absolute atomic E-state index is 13.1. The molecule has 0 spiro atoms. The Morgan fingerprint density at radius 1 is 1.04 bits per heavy atom. The Morgan fingerprint density at radius 3 is 2.24 bits per heavy atom. The van der Waals surface area contributed by atoms with Gasteiger partial charge in [0.25, 0.3) is 0 Å². The maximum Gasteiger partial charge on any atom is 0.326 e. The van der Waals surface area contributed by atoms with Crippen molar-refractivity contribution in [3.8, 4) is 0 Å². The molecule has 25 heavy (non-hydrogen) atoms. The summed E-state index contributed by atoms with van der Waals surface area (Å²) in [7, 11) is 1.70. The topological polar surface area (TPSA) is 98.7 Å². The van der Waals surface area contributed by atoms with Gasteiger partial charge in [-0.1, -0.05) is 25.7 Å². The fourth-order valence-corrected chi connectivity index (χ4v) is 3.90. The van der Waals surface area contributed by atoms with E-state index >= 15 is 0 Å². The van der Waals surface area contributed by atoms with Gasteiger partial charge in [0.05, 0.1) is 6.04 Å². The van der Waals surface area contributed by atoms with Crippen molar-refractivity contribution in [2.75, 3.05) is 13.6 Å². The molecule has 1 aliphatic heterocycles. The molecule has 2 fully saturated rings. The number of carboxylic acid groups (broad SMARTS) is 1. The van der Waals surface area contributed by atoms with Crippen molar-refractivity contribution in [1.82, 2.24) is 15.5 Å². The van der Waals surface area contributed by atoms with Crippen LogP contribution < -0.4 is 10.6 Å². The predicted octanol–water partition coefficient (Wildman–Crippen LogP) is 1.13. The van der Waals surface area contributed by atoms with E-state index in [1.165, 1.54) is 4.90 Å².